The highest BCUT2D eigenvalue weighted by Crippen LogP contribution is 2.19. The van der Waals surface area contributed by atoms with E-state index in [1.165, 1.54) is 18.3 Å². The van der Waals surface area contributed by atoms with Crippen molar-refractivity contribution in [1.29, 1.82) is 5.26 Å². The van der Waals surface area contributed by atoms with Gasteiger partial charge < -0.3 is 0 Å². The Labute approximate surface area is 127 Å². The minimum absolute atomic E-state index is 0.00102. The fourth-order valence-corrected chi connectivity index (χ4v) is 2.04. The number of rotatable bonds is 0. The summed E-state index contributed by atoms with van der Waals surface area (Å²) in [6.07, 6.45) is 0. The van der Waals surface area contributed by atoms with Crippen molar-refractivity contribution in [3.05, 3.63) is 50.5 Å². The third-order valence-corrected chi connectivity index (χ3v) is 3.26. The number of halogens is 2. The zero-order valence-corrected chi connectivity index (χ0v) is 13.0. The van der Waals surface area contributed by atoms with Crippen LogP contribution in [0.4, 0.5) is 8.78 Å². The Balaban J connectivity index is 0.00000106. The lowest BCUT2D eigenvalue weighted by atomic mass is 10.1. The van der Waals surface area contributed by atoms with E-state index in [-0.39, 0.29) is 16.7 Å². The second-order valence-corrected chi connectivity index (χ2v) is 4.90. The maximum Gasteiger partial charge on any atom is 0.146 e. The second-order valence-electron chi connectivity index (χ2n) is 3.84. The Morgan fingerprint density at radius 1 is 1.10 bits per heavy atom. The molecule has 0 aliphatic carbocycles. The molecular weight excluding hydrogens is 290 g/mol. The minimum atomic E-state index is -0.838. The average Bonchev–Trinajstić information content (AvgIpc) is 2.92. The lowest BCUT2D eigenvalue weighted by Crippen LogP contribution is -1.97. The Morgan fingerprint density at radius 2 is 1.71 bits per heavy atom. The van der Waals surface area contributed by atoms with E-state index in [4.69, 9.17) is 5.26 Å². The minimum Gasteiger partial charge on any atom is -0.233 e. The molecule has 0 bridgehead atoms. The molecule has 0 atom stereocenters. The van der Waals surface area contributed by atoms with Gasteiger partial charge in [0.25, 0.3) is 0 Å². The number of benzene rings is 1. The molecule has 2 nitrogen and oxygen atoms in total. The summed E-state index contributed by atoms with van der Waals surface area (Å²) in [7, 11) is 0. The van der Waals surface area contributed by atoms with Crippen LogP contribution in [0.5, 0.6) is 0 Å². The highest BCUT2D eigenvalue weighted by molar-refractivity contribution is 7.09. The van der Waals surface area contributed by atoms with Gasteiger partial charge in [-0.05, 0) is 25.8 Å². The molecule has 1 aromatic carbocycles. The molecule has 2 rings (SSSR count). The number of aromatic nitrogens is 1. The summed E-state index contributed by atoms with van der Waals surface area (Å²) in [6, 6.07) is 2.80. The molecule has 0 saturated heterocycles. The average molecular weight is 304 g/mol. The van der Waals surface area contributed by atoms with Crippen molar-refractivity contribution in [2.75, 3.05) is 0 Å². The summed E-state index contributed by atoms with van der Waals surface area (Å²) < 4.78 is 27.3. The molecule has 21 heavy (non-hydrogen) atoms. The van der Waals surface area contributed by atoms with Crippen LogP contribution >= 0.6 is 11.3 Å². The highest BCUT2D eigenvalue weighted by Gasteiger charge is 2.13. The van der Waals surface area contributed by atoms with Crippen molar-refractivity contribution >= 4 is 11.3 Å². The van der Waals surface area contributed by atoms with Gasteiger partial charge in [0.1, 0.15) is 23.4 Å². The molecule has 2 aromatic rings. The van der Waals surface area contributed by atoms with Gasteiger partial charge in [-0.2, -0.15) is 5.26 Å². The Morgan fingerprint density at radius 3 is 2.24 bits per heavy atom. The van der Waals surface area contributed by atoms with Crippen LogP contribution in [-0.2, 0) is 0 Å². The third kappa shape index (κ3) is 3.87. The van der Waals surface area contributed by atoms with E-state index in [1.54, 1.807) is 11.4 Å². The van der Waals surface area contributed by atoms with E-state index < -0.39 is 11.6 Å². The smallest absolute Gasteiger partial charge is 0.146 e. The van der Waals surface area contributed by atoms with Crippen molar-refractivity contribution in [3.63, 3.8) is 0 Å². The van der Waals surface area contributed by atoms with Gasteiger partial charge in [0, 0.05) is 10.9 Å². The first kappa shape index (κ1) is 16.8. The van der Waals surface area contributed by atoms with Gasteiger partial charge in [0.2, 0.25) is 0 Å². The fraction of sp³-hybridized carbons (Fsp3) is 0.250. The lowest BCUT2D eigenvalue weighted by Gasteiger charge is -2.02. The van der Waals surface area contributed by atoms with Gasteiger partial charge in [0.05, 0.1) is 16.1 Å². The number of nitrogens with zero attached hydrogens (tertiary/aromatic N) is 2. The van der Waals surface area contributed by atoms with Gasteiger partial charge in [-0.15, -0.1) is 11.3 Å². The van der Waals surface area contributed by atoms with Crippen LogP contribution in [0.15, 0.2) is 11.4 Å². The summed E-state index contributed by atoms with van der Waals surface area (Å²) in [6.45, 7) is 7.12. The standard InChI is InChI=1S/C14H8F2N2S.C2H6/c1-8-13(15)10(5-11(6-17)14(8)16)3-4-12-7-19-9(2)18-12;1-2/h5,7H,1-2H3;1-2H3. The van der Waals surface area contributed by atoms with Crippen LogP contribution in [0.2, 0.25) is 0 Å². The maximum absolute atomic E-state index is 13.8. The molecule has 0 saturated carbocycles. The molecule has 0 amide bonds. The van der Waals surface area contributed by atoms with E-state index in [9.17, 15) is 8.78 Å². The molecule has 0 aliphatic rings. The number of hydrogen-bond acceptors (Lipinski definition) is 3. The van der Waals surface area contributed by atoms with Gasteiger partial charge in [0.15, 0.2) is 0 Å². The molecule has 0 spiro atoms. The van der Waals surface area contributed by atoms with Crippen molar-refractivity contribution in [2.24, 2.45) is 0 Å². The van der Waals surface area contributed by atoms with Gasteiger partial charge in [-0.3, -0.25) is 0 Å². The predicted molar refractivity (Wildman–Crippen MR) is 80.0 cm³/mol. The zero-order chi connectivity index (χ0) is 16.0. The summed E-state index contributed by atoms with van der Waals surface area (Å²) in [5.41, 5.74) is 0.124. The van der Waals surface area contributed by atoms with Crippen molar-refractivity contribution in [2.45, 2.75) is 27.7 Å². The van der Waals surface area contributed by atoms with Crippen LogP contribution in [0.3, 0.4) is 0 Å². The molecule has 0 radical (unpaired) electrons. The van der Waals surface area contributed by atoms with Crippen LogP contribution in [0.1, 0.15) is 41.2 Å². The fourth-order valence-electron chi connectivity index (χ4n) is 1.50. The topological polar surface area (TPSA) is 36.7 Å². The lowest BCUT2D eigenvalue weighted by molar-refractivity contribution is 0.563. The van der Waals surface area contributed by atoms with Crippen molar-refractivity contribution in [1.82, 2.24) is 4.98 Å². The Bertz CT molecular complexity index is 746. The van der Waals surface area contributed by atoms with E-state index >= 15 is 0 Å². The van der Waals surface area contributed by atoms with E-state index in [0.717, 1.165) is 11.1 Å². The van der Waals surface area contributed by atoms with Gasteiger partial charge in [-0.1, -0.05) is 19.8 Å². The highest BCUT2D eigenvalue weighted by atomic mass is 32.1. The van der Waals surface area contributed by atoms with Crippen LogP contribution in [0.25, 0.3) is 0 Å². The Kier molecular flexibility index (Phi) is 6.02. The molecule has 108 valence electrons. The third-order valence-electron chi connectivity index (χ3n) is 2.48. The van der Waals surface area contributed by atoms with Crippen molar-refractivity contribution < 1.29 is 8.78 Å². The molecule has 0 unspecified atom stereocenters. The number of aryl methyl sites for hydroxylation is 1. The number of nitriles is 1. The first-order valence-corrected chi connectivity index (χ1v) is 7.23. The normalized spacial score (nSPS) is 9.00. The van der Waals surface area contributed by atoms with Gasteiger partial charge >= 0.3 is 0 Å². The molecule has 0 N–H and O–H groups in total. The quantitative estimate of drug-likeness (QED) is 0.679. The van der Waals surface area contributed by atoms with Crippen LogP contribution in [0, 0.1) is 48.7 Å². The molecule has 1 aromatic heterocycles. The van der Waals surface area contributed by atoms with E-state index in [2.05, 4.69) is 16.8 Å². The maximum atomic E-state index is 13.8. The largest absolute Gasteiger partial charge is 0.233 e. The molecule has 0 aliphatic heterocycles. The zero-order valence-electron chi connectivity index (χ0n) is 12.2. The number of thiazole rings is 1. The first-order valence-electron chi connectivity index (χ1n) is 6.35. The molecule has 0 fully saturated rings. The first-order chi connectivity index (χ1) is 10.0. The Hall–Kier alpha value is -2.24. The summed E-state index contributed by atoms with van der Waals surface area (Å²) >= 11 is 1.44. The number of hydrogen-bond donors (Lipinski definition) is 0. The molecule has 5 heteroatoms. The van der Waals surface area contributed by atoms with Crippen LogP contribution in [-0.4, -0.2) is 4.98 Å². The molecular formula is C16H14F2N2S. The summed E-state index contributed by atoms with van der Waals surface area (Å²) in [5, 5.41) is 11.4. The second kappa shape index (κ2) is 7.52. The van der Waals surface area contributed by atoms with Crippen LogP contribution < -0.4 is 0 Å². The predicted octanol–water partition coefficient (Wildman–Crippen LogP) is 4.34. The molecule has 1 heterocycles. The van der Waals surface area contributed by atoms with E-state index in [0.29, 0.717) is 5.69 Å². The monoisotopic (exact) mass is 304 g/mol. The van der Waals surface area contributed by atoms with E-state index in [1.807, 2.05) is 20.8 Å². The summed E-state index contributed by atoms with van der Waals surface area (Å²) in [5.74, 6) is 3.71. The summed E-state index contributed by atoms with van der Waals surface area (Å²) in [4.78, 5) is 4.12. The van der Waals surface area contributed by atoms with Crippen molar-refractivity contribution in [3.8, 4) is 17.9 Å². The van der Waals surface area contributed by atoms with Gasteiger partial charge in [-0.25, -0.2) is 13.8 Å². The SMILES string of the molecule is CC.Cc1nc(C#Cc2cc(C#N)c(F)c(C)c2F)cs1.